The van der Waals surface area contributed by atoms with Gasteiger partial charge in [0.25, 0.3) is 0 Å². The molecule has 0 radical (unpaired) electrons. The maximum atomic E-state index is 6.08. The first kappa shape index (κ1) is 11.2. The lowest BCUT2D eigenvalue weighted by atomic mass is 10.2. The summed E-state index contributed by atoms with van der Waals surface area (Å²) in [5.41, 5.74) is 1.34. The van der Waals surface area contributed by atoms with Gasteiger partial charge in [-0.1, -0.05) is 23.2 Å². The first-order chi connectivity index (χ1) is 7.61. The Labute approximate surface area is 103 Å². The smallest absolute Gasteiger partial charge is 0.145 e. The van der Waals surface area contributed by atoms with Crippen molar-refractivity contribution in [3.63, 3.8) is 0 Å². The molecule has 0 fully saturated rings. The van der Waals surface area contributed by atoms with Crippen LogP contribution in [0.2, 0.25) is 10.0 Å². The van der Waals surface area contributed by atoms with Crippen LogP contribution >= 0.6 is 23.2 Å². The molecule has 0 amide bonds. The first-order valence-corrected chi connectivity index (χ1v) is 5.41. The number of aromatic nitrogens is 3. The van der Waals surface area contributed by atoms with Gasteiger partial charge in [0.1, 0.15) is 17.2 Å². The second-order valence-electron chi connectivity index (χ2n) is 3.27. The van der Waals surface area contributed by atoms with E-state index in [1.807, 2.05) is 19.3 Å². The van der Waals surface area contributed by atoms with Crippen molar-refractivity contribution < 1.29 is 0 Å². The molecular formula is C10H10Cl2N4. The van der Waals surface area contributed by atoms with Gasteiger partial charge in [-0.15, -0.1) is 0 Å². The minimum atomic E-state index is 0.489. The third kappa shape index (κ3) is 1.99. The largest absolute Gasteiger partial charge is 0.372 e. The number of nitrogens with one attached hydrogen (secondary N) is 1. The summed E-state index contributed by atoms with van der Waals surface area (Å²) in [6.45, 7) is 0. The molecule has 0 unspecified atom stereocenters. The van der Waals surface area contributed by atoms with Crippen molar-refractivity contribution in [2.45, 2.75) is 0 Å². The van der Waals surface area contributed by atoms with Crippen LogP contribution in [0.15, 0.2) is 18.3 Å². The topological polar surface area (TPSA) is 42.7 Å². The number of pyridine rings is 1. The van der Waals surface area contributed by atoms with E-state index in [1.54, 1.807) is 17.8 Å². The summed E-state index contributed by atoms with van der Waals surface area (Å²) in [6.07, 6.45) is 1.83. The summed E-state index contributed by atoms with van der Waals surface area (Å²) < 4.78 is 1.70. The minimum absolute atomic E-state index is 0.489. The fourth-order valence-electron chi connectivity index (χ4n) is 1.36. The summed E-state index contributed by atoms with van der Waals surface area (Å²) in [7, 11) is 3.59. The van der Waals surface area contributed by atoms with Gasteiger partial charge in [0.2, 0.25) is 0 Å². The zero-order valence-corrected chi connectivity index (χ0v) is 10.3. The van der Waals surface area contributed by atoms with Gasteiger partial charge in [-0.3, -0.25) is 4.68 Å². The third-order valence-corrected chi connectivity index (χ3v) is 2.70. The zero-order valence-electron chi connectivity index (χ0n) is 8.83. The monoisotopic (exact) mass is 256 g/mol. The lowest BCUT2D eigenvalue weighted by molar-refractivity contribution is 0.770. The van der Waals surface area contributed by atoms with Crippen molar-refractivity contribution in [3.05, 3.63) is 28.4 Å². The molecule has 0 saturated carbocycles. The van der Waals surface area contributed by atoms with Crippen molar-refractivity contribution >= 4 is 29.0 Å². The Balaban J connectivity index is 2.56. The molecule has 0 aliphatic rings. The van der Waals surface area contributed by atoms with Crippen molar-refractivity contribution in [3.8, 4) is 11.4 Å². The van der Waals surface area contributed by atoms with E-state index in [0.29, 0.717) is 21.6 Å². The molecule has 6 heteroatoms. The van der Waals surface area contributed by atoms with Gasteiger partial charge in [-0.2, -0.15) is 5.10 Å². The van der Waals surface area contributed by atoms with Crippen molar-refractivity contribution in [2.75, 3.05) is 12.4 Å². The highest BCUT2D eigenvalue weighted by Crippen LogP contribution is 2.31. The maximum absolute atomic E-state index is 6.08. The molecule has 84 valence electrons. The van der Waals surface area contributed by atoms with Crippen LogP contribution < -0.4 is 5.32 Å². The van der Waals surface area contributed by atoms with Gasteiger partial charge in [0, 0.05) is 20.3 Å². The predicted molar refractivity (Wildman–Crippen MR) is 66.0 cm³/mol. The van der Waals surface area contributed by atoms with Crippen molar-refractivity contribution in [1.82, 2.24) is 14.8 Å². The lowest BCUT2D eigenvalue weighted by Gasteiger charge is -2.06. The standard InChI is InChI=1S/C10H10Cl2N4/c1-13-10-7(12)5-6(11)9(14-10)8-3-4-16(2)15-8/h3-5H,1-2H3,(H,13,14). The van der Waals surface area contributed by atoms with Crippen LogP contribution in [0.5, 0.6) is 0 Å². The number of aryl methyl sites for hydroxylation is 1. The normalized spacial score (nSPS) is 10.5. The second-order valence-corrected chi connectivity index (χ2v) is 4.09. The highest BCUT2D eigenvalue weighted by atomic mass is 35.5. The van der Waals surface area contributed by atoms with Gasteiger partial charge in [0.05, 0.1) is 10.0 Å². The molecule has 0 aliphatic carbocycles. The minimum Gasteiger partial charge on any atom is -0.372 e. The molecule has 1 N–H and O–H groups in total. The van der Waals surface area contributed by atoms with Crippen LogP contribution in [-0.4, -0.2) is 21.8 Å². The highest BCUT2D eigenvalue weighted by molar-refractivity contribution is 6.37. The number of hydrogen-bond donors (Lipinski definition) is 1. The second kappa shape index (κ2) is 4.31. The van der Waals surface area contributed by atoms with E-state index in [0.717, 1.165) is 5.69 Å². The lowest BCUT2D eigenvalue weighted by Crippen LogP contribution is -1.97. The summed E-state index contributed by atoms with van der Waals surface area (Å²) in [5.74, 6) is 0.590. The molecular weight excluding hydrogens is 247 g/mol. The van der Waals surface area contributed by atoms with Gasteiger partial charge in [0.15, 0.2) is 0 Å². The molecule has 2 aromatic heterocycles. The summed E-state index contributed by atoms with van der Waals surface area (Å²) in [6, 6.07) is 3.51. The molecule has 0 saturated heterocycles. The fraction of sp³-hybridized carbons (Fsp3) is 0.200. The van der Waals surface area contributed by atoms with Crippen LogP contribution in [0.3, 0.4) is 0 Å². The van der Waals surface area contributed by atoms with E-state index >= 15 is 0 Å². The predicted octanol–water partition coefficient (Wildman–Crippen LogP) is 2.83. The fourth-order valence-corrected chi connectivity index (χ4v) is 1.91. The molecule has 0 atom stereocenters. The van der Waals surface area contributed by atoms with Crippen LogP contribution in [-0.2, 0) is 7.05 Å². The number of rotatable bonds is 2. The molecule has 0 bridgehead atoms. The van der Waals surface area contributed by atoms with Crippen LogP contribution in [0, 0.1) is 0 Å². The Morgan fingerprint density at radius 2 is 2.06 bits per heavy atom. The molecule has 0 aliphatic heterocycles. The zero-order chi connectivity index (χ0) is 11.7. The molecule has 0 spiro atoms. The van der Waals surface area contributed by atoms with E-state index in [1.165, 1.54) is 0 Å². The number of halogens is 2. The molecule has 2 aromatic rings. The first-order valence-electron chi connectivity index (χ1n) is 4.65. The number of hydrogen-bond acceptors (Lipinski definition) is 3. The third-order valence-electron chi connectivity index (χ3n) is 2.12. The average molecular weight is 257 g/mol. The maximum Gasteiger partial charge on any atom is 0.145 e. The summed E-state index contributed by atoms with van der Waals surface area (Å²) >= 11 is 12.0. The Morgan fingerprint density at radius 1 is 1.31 bits per heavy atom. The van der Waals surface area contributed by atoms with Gasteiger partial charge < -0.3 is 5.32 Å². The highest BCUT2D eigenvalue weighted by Gasteiger charge is 2.12. The van der Waals surface area contributed by atoms with E-state index in [4.69, 9.17) is 23.2 Å². The number of anilines is 1. The van der Waals surface area contributed by atoms with Crippen LogP contribution in [0.1, 0.15) is 0 Å². The van der Waals surface area contributed by atoms with Gasteiger partial charge in [-0.05, 0) is 12.1 Å². The van der Waals surface area contributed by atoms with Crippen LogP contribution in [0.25, 0.3) is 11.4 Å². The summed E-state index contributed by atoms with van der Waals surface area (Å²) in [5, 5.41) is 8.13. The van der Waals surface area contributed by atoms with E-state index in [-0.39, 0.29) is 0 Å². The Morgan fingerprint density at radius 3 is 2.62 bits per heavy atom. The Bertz CT molecular complexity index is 522. The Hall–Kier alpha value is -1.26. The molecule has 2 heterocycles. The van der Waals surface area contributed by atoms with Gasteiger partial charge in [-0.25, -0.2) is 4.98 Å². The van der Waals surface area contributed by atoms with Crippen LogP contribution in [0.4, 0.5) is 5.82 Å². The van der Waals surface area contributed by atoms with E-state index < -0.39 is 0 Å². The molecule has 16 heavy (non-hydrogen) atoms. The number of nitrogens with zero attached hydrogens (tertiary/aromatic N) is 3. The summed E-state index contributed by atoms with van der Waals surface area (Å²) in [4.78, 5) is 4.32. The van der Waals surface area contributed by atoms with Crippen molar-refractivity contribution in [1.29, 1.82) is 0 Å². The SMILES string of the molecule is CNc1nc(-c2ccn(C)n2)c(Cl)cc1Cl. The average Bonchev–Trinajstić information content (AvgIpc) is 2.65. The Kier molecular flexibility index (Phi) is 3.03. The quantitative estimate of drug-likeness (QED) is 0.899. The molecule has 0 aromatic carbocycles. The van der Waals surface area contributed by atoms with E-state index in [9.17, 15) is 0 Å². The molecule has 2 rings (SSSR count). The van der Waals surface area contributed by atoms with Gasteiger partial charge >= 0.3 is 0 Å². The van der Waals surface area contributed by atoms with E-state index in [2.05, 4.69) is 15.4 Å². The molecule has 4 nitrogen and oxygen atoms in total. The van der Waals surface area contributed by atoms with Crippen molar-refractivity contribution in [2.24, 2.45) is 7.05 Å².